The minimum absolute atomic E-state index is 0.115. The van der Waals surface area contributed by atoms with E-state index in [2.05, 4.69) is 20.3 Å². The number of nitrogens with one attached hydrogen (secondary N) is 2. The van der Waals surface area contributed by atoms with Crippen molar-refractivity contribution in [3.05, 3.63) is 47.9 Å². The fraction of sp³-hybridized carbons (Fsp3) is 0.294. The molecule has 0 radical (unpaired) electrons. The van der Waals surface area contributed by atoms with Crippen molar-refractivity contribution in [1.82, 2.24) is 15.0 Å². The maximum absolute atomic E-state index is 13.0. The molecule has 3 aromatic rings. The van der Waals surface area contributed by atoms with Gasteiger partial charge < -0.3 is 19.8 Å². The van der Waals surface area contributed by atoms with Crippen LogP contribution in [0.5, 0.6) is 5.75 Å². The highest BCUT2D eigenvalue weighted by Crippen LogP contribution is 2.37. The van der Waals surface area contributed by atoms with Crippen molar-refractivity contribution >= 4 is 16.9 Å². The standard InChI is InChI=1S/C17H15F3N4O2/c1-25-12-7-26-11-5-3-2-4-9(11)14(12)24-16-10-6-13(17(18,19)20)23-15(10)21-8-22-16/h2-6,8,12,14H,7H2,1H3,(H2,21,22,23,24)/t12-,14-/m0/s1. The van der Waals surface area contributed by atoms with E-state index in [1.54, 1.807) is 7.11 Å². The second-order valence-corrected chi connectivity index (χ2v) is 5.91. The van der Waals surface area contributed by atoms with Gasteiger partial charge in [-0.15, -0.1) is 0 Å². The number of aromatic nitrogens is 3. The number of ether oxygens (including phenoxy) is 2. The Morgan fingerprint density at radius 1 is 1.27 bits per heavy atom. The molecule has 2 N–H and O–H groups in total. The topological polar surface area (TPSA) is 72.1 Å². The molecule has 0 saturated heterocycles. The number of alkyl halides is 3. The van der Waals surface area contributed by atoms with Crippen LogP contribution in [0.1, 0.15) is 17.3 Å². The number of anilines is 1. The van der Waals surface area contributed by atoms with Crippen LogP contribution in [0.4, 0.5) is 19.0 Å². The van der Waals surface area contributed by atoms with Gasteiger partial charge in [0.25, 0.3) is 0 Å². The van der Waals surface area contributed by atoms with Crippen LogP contribution in [0, 0.1) is 0 Å². The second kappa shape index (κ2) is 6.17. The van der Waals surface area contributed by atoms with Crippen molar-refractivity contribution in [2.45, 2.75) is 18.3 Å². The molecule has 0 aliphatic carbocycles. The summed E-state index contributed by atoms with van der Waals surface area (Å²) in [6.07, 6.45) is -3.59. The quantitative estimate of drug-likeness (QED) is 0.744. The molecule has 9 heteroatoms. The number of halogens is 3. The molecular weight excluding hydrogens is 349 g/mol. The highest BCUT2D eigenvalue weighted by atomic mass is 19.4. The summed E-state index contributed by atoms with van der Waals surface area (Å²) in [4.78, 5) is 10.3. The van der Waals surface area contributed by atoms with Gasteiger partial charge in [0.05, 0.1) is 11.4 Å². The number of methoxy groups -OCH3 is 1. The molecule has 6 nitrogen and oxygen atoms in total. The molecule has 4 rings (SSSR count). The Hall–Kier alpha value is -2.81. The molecular formula is C17H15F3N4O2. The van der Waals surface area contributed by atoms with E-state index in [0.717, 1.165) is 11.6 Å². The second-order valence-electron chi connectivity index (χ2n) is 5.91. The zero-order chi connectivity index (χ0) is 18.3. The van der Waals surface area contributed by atoms with Gasteiger partial charge in [0.15, 0.2) is 0 Å². The lowest BCUT2D eigenvalue weighted by Crippen LogP contribution is -2.36. The lowest BCUT2D eigenvalue weighted by Gasteiger charge is -2.33. The van der Waals surface area contributed by atoms with E-state index >= 15 is 0 Å². The first-order valence-electron chi connectivity index (χ1n) is 7.89. The molecule has 1 aromatic carbocycles. The minimum atomic E-state index is -4.49. The Balaban J connectivity index is 1.76. The molecule has 0 fully saturated rings. The zero-order valence-electron chi connectivity index (χ0n) is 13.7. The van der Waals surface area contributed by atoms with Crippen LogP contribution in [-0.2, 0) is 10.9 Å². The monoisotopic (exact) mass is 364 g/mol. The molecule has 0 saturated carbocycles. The summed E-state index contributed by atoms with van der Waals surface area (Å²) in [7, 11) is 1.56. The van der Waals surface area contributed by atoms with Crippen LogP contribution in [0.15, 0.2) is 36.7 Å². The van der Waals surface area contributed by atoms with Crippen LogP contribution in [0.2, 0.25) is 0 Å². The van der Waals surface area contributed by atoms with Crippen LogP contribution in [0.3, 0.4) is 0 Å². The summed E-state index contributed by atoms with van der Waals surface area (Å²) >= 11 is 0. The van der Waals surface area contributed by atoms with Gasteiger partial charge in [-0.05, 0) is 12.1 Å². The average Bonchev–Trinajstić information content (AvgIpc) is 3.08. The smallest absolute Gasteiger partial charge is 0.431 e. The van der Waals surface area contributed by atoms with Crippen LogP contribution < -0.4 is 10.1 Å². The highest BCUT2D eigenvalue weighted by Gasteiger charge is 2.34. The number of hydrogen-bond acceptors (Lipinski definition) is 5. The maximum atomic E-state index is 13.0. The molecule has 2 aromatic heterocycles. The number of para-hydroxylation sites is 1. The van der Waals surface area contributed by atoms with Crippen molar-refractivity contribution in [2.24, 2.45) is 0 Å². The highest BCUT2D eigenvalue weighted by molar-refractivity contribution is 5.88. The molecule has 0 amide bonds. The third-order valence-corrected chi connectivity index (χ3v) is 4.35. The SMILES string of the molecule is CO[C@H]1COc2ccccc2[C@@H]1Nc1ncnc2[nH]c(C(F)(F)F)cc12. The van der Waals surface area contributed by atoms with E-state index in [-0.39, 0.29) is 23.2 Å². The van der Waals surface area contributed by atoms with E-state index in [1.165, 1.54) is 6.33 Å². The van der Waals surface area contributed by atoms with Gasteiger partial charge in [0, 0.05) is 12.7 Å². The Morgan fingerprint density at radius 2 is 2.08 bits per heavy atom. The predicted molar refractivity (Wildman–Crippen MR) is 88.0 cm³/mol. The third kappa shape index (κ3) is 2.84. The van der Waals surface area contributed by atoms with E-state index in [0.29, 0.717) is 18.2 Å². The summed E-state index contributed by atoms with van der Waals surface area (Å²) in [5.74, 6) is 0.999. The van der Waals surface area contributed by atoms with Gasteiger partial charge >= 0.3 is 6.18 Å². The van der Waals surface area contributed by atoms with Crippen molar-refractivity contribution < 1.29 is 22.6 Å². The predicted octanol–water partition coefficient (Wildman–Crippen LogP) is 3.54. The van der Waals surface area contributed by atoms with E-state index in [1.807, 2.05) is 24.3 Å². The van der Waals surface area contributed by atoms with Crippen LogP contribution in [0.25, 0.3) is 11.0 Å². The first kappa shape index (κ1) is 16.6. The summed E-state index contributed by atoms with van der Waals surface area (Å²) in [5.41, 5.74) is 0.0970. The number of aromatic amines is 1. The molecule has 0 bridgehead atoms. The molecule has 3 heterocycles. The van der Waals surface area contributed by atoms with Crippen LogP contribution in [-0.4, -0.2) is 34.8 Å². The van der Waals surface area contributed by atoms with Crippen molar-refractivity contribution in [2.75, 3.05) is 19.0 Å². The molecule has 0 unspecified atom stereocenters. The molecule has 136 valence electrons. The van der Waals surface area contributed by atoms with Gasteiger partial charge in [-0.25, -0.2) is 9.97 Å². The van der Waals surface area contributed by atoms with Gasteiger partial charge in [0.1, 0.15) is 41.9 Å². The van der Waals surface area contributed by atoms with Gasteiger partial charge in [-0.2, -0.15) is 13.2 Å². The van der Waals surface area contributed by atoms with Crippen molar-refractivity contribution in [3.63, 3.8) is 0 Å². The molecule has 2 atom stereocenters. The average molecular weight is 364 g/mol. The van der Waals surface area contributed by atoms with Crippen molar-refractivity contribution in [3.8, 4) is 5.75 Å². The number of H-pyrrole nitrogens is 1. The minimum Gasteiger partial charge on any atom is -0.490 e. The summed E-state index contributed by atoms with van der Waals surface area (Å²) in [5, 5.41) is 3.47. The molecule has 26 heavy (non-hydrogen) atoms. The van der Waals surface area contributed by atoms with Gasteiger partial charge in [0.2, 0.25) is 0 Å². The van der Waals surface area contributed by atoms with E-state index in [9.17, 15) is 13.2 Å². The van der Waals surface area contributed by atoms with Crippen molar-refractivity contribution in [1.29, 1.82) is 0 Å². The van der Waals surface area contributed by atoms with E-state index < -0.39 is 11.9 Å². The number of fused-ring (bicyclic) bond motifs is 2. The summed E-state index contributed by atoms with van der Waals surface area (Å²) < 4.78 is 50.1. The number of hydrogen-bond donors (Lipinski definition) is 2. The lowest BCUT2D eigenvalue weighted by molar-refractivity contribution is -0.140. The lowest BCUT2D eigenvalue weighted by atomic mass is 9.98. The number of nitrogens with zero attached hydrogens (tertiary/aromatic N) is 2. The molecule has 0 spiro atoms. The van der Waals surface area contributed by atoms with Crippen LogP contribution >= 0.6 is 0 Å². The first-order chi connectivity index (χ1) is 12.5. The summed E-state index contributed by atoms with van der Waals surface area (Å²) in [6, 6.07) is 8.12. The molecule has 1 aliphatic rings. The fourth-order valence-electron chi connectivity index (χ4n) is 3.07. The normalized spacial score (nSPS) is 19.8. The Bertz CT molecular complexity index is 941. The zero-order valence-corrected chi connectivity index (χ0v) is 13.7. The van der Waals surface area contributed by atoms with Gasteiger partial charge in [-0.1, -0.05) is 18.2 Å². The number of benzene rings is 1. The summed E-state index contributed by atoms with van der Waals surface area (Å²) in [6.45, 7) is 0.320. The Morgan fingerprint density at radius 3 is 2.85 bits per heavy atom. The Labute approximate surface area is 146 Å². The fourth-order valence-corrected chi connectivity index (χ4v) is 3.07. The third-order valence-electron chi connectivity index (χ3n) is 4.35. The number of rotatable bonds is 3. The van der Waals surface area contributed by atoms with Gasteiger partial charge in [-0.3, -0.25) is 0 Å². The first-order valence-corrected chi connectivity index (χ1v) is 7.89. The largest absolute Gasteiger partial charge is 0.490 e. The Kier molecular flexibility index (Phi) is 3.95. The van der Waals surface area contributed by atoms with E-state index in [4.69, 9.17) is 9.47 Å². The molecule has 1 aliphatic heterocycles. The maximum Gasteiger partial charge on any atom is 0.431 e.